The molecule has 2 heterocycles. The average Bonchev–Trinajstić information content (AvgIpc) is 2.74. The number of nitrogen functional groups attached to an aromatic ring is 1. The molecule has 2 aromatic heterocycles. The van der Waals surface area contributed by atoms with Crippen molar-refractivity contribution in [2.45, 2.75) is 13.5 Å². The van der Waals surface area contributed by atoms with E-state index in [2.05, 4.69) is 10.1 Å². The predicted octanol–water partition coefficient (Wildman–Crippen LogP) is 1.22. The fraction of sp³-hybridized carbons (Fsp3) is 0.250. The molecule has 6 nitrogen and oxygen atoms in total. The molecule has 19 heavy (non-hydrogen) atoms. The van der Waals surface area contributed by atoms with E-state index in [-0.39, 0.29) is 18.0 Å². The lowest BCUT2D eigenvalue weighted by molar-refractivity contribution is 0.0527. The van der Waals surface area contributed by atoms with E-state index in [1.165, 1.54) is 23.1 Å². The zero-order chi connectivity index (χ0) is 13.8. The second-order valence-corrected chi connectivity index (χ2v) is 3.84. The molecule has 0 amide bonds. The maximum Gasteiger partial charge on any atom is 0.343 e. The number of halogens is 1. The van der Waals surface area contributed by atoms with Crippen molar-refractivity contribution in [3.8, 4) is 0 Å². The highest BCUT2D eigenvalue weighted by Crippen LogP contribution is 2.12. The van der Waals surface area contributed by atoms with Gasteiger partial charge in [0.15, 0.2) is 5.82 Å². The van der Waals surface area contributed by atoms with Crippen molar-refractivity contribution in [1.29, 1.82) is 0 Å². The summed E-state index contributed by atoms with van der Waals surface area (Å²) < 4.78 is 19.0. The molecule has 0 saturated heterocycles. The molecule has 2 aromatic rings. The molecule has 0 aromatic carbocycles. The van der Waals surface area contributed by atoms with Crippen molar-refractivity contribution in [2.75, 3.05) is 12.3 Å². The van der Waals surface area contributed by atoms with Crippen LogP contribution in [0.15, 0.2) is 24.5 Å². The summed E-state index contributed by atoms with van der Waals surface area (Å²) in [5, 5.41) is 4.00. The molecule has 0 bridgehead atoms. The maximum atomic E-state index is 12.7. The largest absolute Gasteiger partial charge is 0.462 e. The second-order valence-electron chi connectivity index (χ2n) is 3.84. The van der Waals surface area contributed by atoms with Crippen molar-refractivity contribution in [3.05, 3.63) is 41.6 Å². The number of pyridine rings is 1. The van der Waals surface area contributed by atoms with Gasteiger partial charge >= 0.3 is 5.97 Å². The summed E-state index contributed by atoms with van der Waals surface area (Å²) >= 11 is 0. The summed E-state index contributed by atoms with van der Waals surface area (Å²) in [6.45, 7) is 2.32. The molecule has 0 spiro atoms. The van der Waals surface area contributed by atoms with Crippen LogP contribution in [0.3, 0.4) is 0 Å². The molecule has 2 rings (SSSR count). The Morgan fingerprint density at radius 2 is 2.32 bits per heavy atom. The first kappa shape index (κ1) is 13.0. The third-order valence-electron chi connectivity index (χ3n) is 2.42. The number of nitrogens with zero attached hydrogens (tertiary/aromatic N) is 3. The van der Waals surface area contributed by atoms with Gasteiger partial charge in [-0.15, -0.1) is 0 Å². The molecule has 2 N–H and O–H groups in total. The van der Waals surface area contributed by atoms with Crippen molar-refractivity contribution >= 4 is 11.8 Å². The average molecular weight is 264 g/mol. The lowest BCUT2D eigenvalue weighted by Gasteiger charge is -2.00. The van der Waals surface area contributed by atoms with Crippen LogP contribution in [-0.4, -0.2) is 27.3 Å². The second kappa shape index (κ2) is 5.47. The van der Waals surface area contributed by atoms with Gasteiger partial charge in [-0.1, -0.05) is 6.07 Å². The monoisotopic (exact) mass is 264 g/mol. The SMILES string of the molecule is CCOC(=O)c1cn(Cc2ccc(F)nc2)nc1N. The number of esters is 1. The van der Waals surface area contributed by atoms with Crippen LogP contribution >= 0.6 is 0 Å². The van der Waals surface area contributed by atoms with E-state index < -0.39 is 11.9 Å². The van der Waals surface area contributed by atoms with E-state index in [1.54, 1.807) is 13.0 Å². The Bertz CT molecular complexity index is 580. The summed E-state index contributed by atoms with van der Waals surface area (Å²) in [7, 11) is 0. The van der Waals surface area contributed by atoms with Crippen LogP contribution in [0.1, 0.15) is 22.8 Å². The number of ether oxygens (including phenoxy) is 1. The van der Waals surface area contributed by atoms with E-state index in [4.69, 9.17) is 10.5 Å². The predicted molar refractivity (Wildman–Crippen MR) is 65.9 cm³/mol. The van der Waals surface area contributed by atoms with Crippen LogP contribution in [-0.2, 0) is 11.3 Å². The molecule has 0 unspecified atom stereocenters. The molecule has 0 radical (unpaired) electrons. The fourth-order valence-electron chi connectivity index (χ4n) is 1.57. The molecule has 7 heteroatoms. The Balaban J connectivity index is 2.16. The van der Waals surface area contributed by atoms with E-state index in [0.717, 1.165) is 5.56 Å². The van der Waals surface area contributed by atoms with Crippen LogP contribution in [0.2, 0.25) is 0 Å². The smallest absolute Gasteiger partial charge is 0.343 e. The van der Waals surface area contributed by atoms with Crippen LogP contribution < -0.4 is 5.73 Å². The van der Waals surface area contributed by atoms with E-state index in [1.807, 2.05) is 0 Å². The highest BCUT2D eigenvalue weighted by atomic mass is 19.1. The molecule has 0 aliphatic heterocycles. The van der Waals surface area contributed by atoms with Gasteiger partial charge in [0.05, 0.1) is 13.2 Å². The topological polar surface area (TPSA) is 83.0 Å². The van der Waals surface area contributed by atoms with Gasteiger partial charge in [0, 0.05) is 12.4 Å². The Morgan fingerprint density at radius 1 is 1.53 bits per heavy atom. The first-order valence-electron chi connectivity index (χ1n) is 5.70. The molecule has 100 valence electrons. The summed E-state index contributed by atoms with van der Waals surface area (Å²) in [5.41, 5.74) is 6.61. The zero-order valence-electron chi connectivity index (χ0n) is 10.3. The van der Waals surface area contributed by atoms with Crippen LogP contribution in [0.25, 0.3) is 0 Å². The number of rotatable bonds is 4. The van der Waals surface area contributed by atoms with E-state index in [0.29, 0.717) is 6.54 Å². The third-order valence-corrected chi connectivity index (χ3v) is 2.42. The van der Waals surface area contributed by atoms with Gasteiger partial charge in [0.25, 0.3) is 0 Å². The summed E-state index contributed by atoms with van der Waals surface area (Å²) in [6.07, 6.45) is 2.90. The van der Waals surface area contributed by atoms with Crippen molar-refractivity contribution in [2.24, 2.45) is 0 Å². The molecular weight excluding hydrogens is 251 g/mol. The van der Waals surface area contributed by atoms with Crippen LogP contribution in [0, 0.1) is 5.95 Å². The van der Waals surface area contributed by atoms with Gasteiger partial charge in [-0.25, -0.2) is 9.78 Å². The minimum atomic E-state index is -0.545. The summed E-state index contributed by atoms with van der Waals surface area (Å²) in [5.74, 6) is -0.951. The Morgan fingerprint density at radius 3 is 2.95 bits per heavy atom. The van der Waals surface area contributed by atoms with Gasteiger partial charge in [0.2, 0.25) is 5.95 Å². The molecule has 0 atom stereocenters. The number of carbonyl (C=O) groups excluding carboxylic acids is 1. The Labute approximate surface area is 109 Å². The Hall–Kier alpha value is -2.44. The van der Waals surface area contributed by atoms with Crippen LogP contribution in [0.4, 0.5) is 10.2 Å². The molecule has 0 saturated carbocycles. The molecular formula is C12H13FN4O2. The van der Waals surface area contributed by atoms with Gasteiger partial charge in [-0.2, -0.15) is 9.49 Å². The molecule has 0 aliphatic carbocycles. The minimum absolute atomic E-state index is 0.105. The molecule has 0 aliphatic rings. The first-order chi connectivity index (χ1) is 9.10. The summed E-state index contributed by atoms with van der Waals surface area (Å²) in [4.78, 5) is 15.1. The highest BCUT2D eigenvalue weighted by molar-refractivity contribution is 5.93. The highest BCUT2D eigenvalue weighted by Gasteiger charge is 2.15. The van der Waals surface area contributed by atoms with Gasteiger partial charge in [-0.05, 0) is 18.6 Å². The van der Waals surface area contributed by atoms with Gasteiger partial charge in [0.1, 0.15) is 5.56 Å². The normalized spacial score (nSPS) is 10.4. The van der Waals surface area contributed by atoms with E-state index in [9.17, 15) is 9.18 Å². The molecule has 0 fully saturated rings. The third kappa shape index (κ3) is 3.06. The zero-order valence-corrected chi connectivity index (χ0v) is 10.3. The standard InChI is InChI=1S/C12H13FN4O2/c1-2-19-12(18)9-7-17(16-11(9)14)6-8-3-4-10(13)15-5-8/h3-5,7H,2,6H2,1H3,(H2,14,16). The van der Waals surface area contributed by atoms with Crippen molar-refractivity contribution in [3.63, 3.8) is 0 Å². The number of hydrogen-bond donors (Lipinski definition) is 1. The first-order valence-corrected chi connectivity index (χ1v) is 5.70. The minimum Gasteiger partial charge on any atom is -0.462 e. The van der Waals surface area contributed by atoms with Crippen molar-refractivity contribution in [1.82, 2.24) is 14.8 Å². The van der Waals surface area contributed by atoms with E-state index >= 15 is 0 Å². The van der Waals surface area contributed by atoms with Crippen molar-refractivity contribution < 1.29 is 13.9 Å². The van der Waals surface area contributed by atoms with Crippen LogP contribution in [0.5, 0.6) is 0 Å². The maximum absolute atomic E-state index is 12.7. The number of aromatic nitrogens is 3. The lowest BCUT2D eigenvalue weighted by Crippen LogP contribution is -2.06. The number of nitrogens with two attached hydrogens (primary N) is 1. The van der Waals surface area contributed by atoms with Gasteiger partial charge in [-0.3, -0.25) is 4.68 Å². The lowest BCUT2D eigenvalue weighted by atomic mass is 10.3. The number of hydrogen-bond acceptors (Lipinski definition) is 5. The van der Waals surface area contributed by atoms with Gasteiger partial charge < -0.3 is 10.5 Å². The number of carbonyl (C=O) groups is 1. The Kier molecular flexibility index (Phi) is 3.74. The number of anilines is 1. The quantitative estimate of drug-likeness (QED) is 0.663. The fourth-order valence-corrected chi connectivity index (χ4v) is 1.57. The summed E-state index contributed by atoms with van der Waals surface area (Å²) in [6, 6.07) is 2.85.